The molecule has 0 aromatic heterocycles. The molecule has 0 spiro atoms. The van der Waals surface area contributed by atoms with E-state index in [4.69, 9.17) is 5.11 Å². The first-order valence-electron chi connectivity index (χ1n) is 10.7. The number of aliphatic hydroxyl groups excluding tert-OH is 1. The van der Waals surface area contributed by atoms with Gasteiger partial charge in [0.1, 0.15) is 0 Å². The second-order valence-electron chi connectivity index (χ2n) is 7.08. The van der Waals surface area contributed by atoms with Crippen molar-refractivity contribution in [1.29, 1.82) is 0 Å². The highest BCUT2D eigenvalue weighted by Gasteiger charge is 1.92. The molecule has 1 N–H and O–H groups in total. The Labute approximate surface area is 147 Å². The lowest BCUT2D eigenvalue weighted by Crippen LogP contribution is -1.83. The second kappa shape index (κ2) is 21.7. The Bertz CT molecular complexity index is 222. The third-order valence-corrected chi connectivity index (χ3v) is 4.67. The van der Waals surface area contributed by atoms with Crippen molar-refractivity contribution in [3.63, 3.8) is 0 Å². The minimum atomic E-state index is 0.363. The van der Waals surface area contributed by atoms with E-state index in [-0.39, 0.29) is 0 Å². The summed E-state index contributed by atoms with van der Waals surface area (Å²) in [5, 5.41) is 8.70. The smallest absolute Gasteiger partial charge is 0.0431 e. The Morgan fingerprint density at radius 2 is 0.826 bits per heavy atom. The van der Waals surface area contributed by atoms with Gasteiger partial charge in [0.05, 0.1) is 0 Å². The molecule has 0 aromatic carbocycles. The fourth-order valence-corrected chi connectivity index (χ4v) is 3.07. The number of aliphatic hydroxyl groups is 1. The third-order valence-electron chi connectivity index (χ3n) is 4.67. The van der Waals surface area contributed by atoms with Gasteiger partial charge in [0.15, 0.2) is 0 Å². The summed E-state index contributed by atoms with van der Waals surface area (Å²) in [7, 11) is 0. The monoisotopic (exact) mass is 324 g/mol. The van der Waals surface area contributed by atoms with Crippen LogP contribution in [0.2, 0.25) is 0 Å². The summed E-state index contributed by atoms with van der Waals surface area (Å²) in [5.41, 5.74) is 0. The van der Waals surface area contributed by atoms with Crippen LogP contribution < -0.4 is 0 Å². The molecule has 0 radical (unpaired) electrons. The van der Waals surface area contributed by atoms with E-state index < -0.39 is 0 Å². The molecule has 0 aliphatic rings. The average Bonchev–Trinajstić information content (AvgIpc) is 2.57. The first-order valence-corrected chi connectivity index (χ1v) is 10.7. The molecule has 0 rings (SSSR count). The van der Waals surface area contributed by atoms with Crippen molar-refractivity contribution in [3.05, 3.63) is 12.2 Å². The minimum Gasteiger partial charge on any atom is -0.396 e. The molecule has 0 unspecified atom stereocenters. The van der Waals surface area contributed by atoms with Gasteiger partial charge in [0, 0.05) is 6.61 Å². The lowest BCUT2D eigenvalue weighted by atomic mass is 10.1. The fraction of sp³-hybridized carbons (Fsp3) is 0.909. The molecule has 0 bridgehead atoms. The lowest BCUT2D eigenvalue weighted by molar-refractivity contribution is 0.282. The van der Waals surface area contributed by atoms with E-state index in [1.54, 1.807) is 0 Å². The molecule has 0 heterocycles. The number of allylic oxidation sites excluding steroid dienone is 2. The molecule has 0 amide bonds. The van der Waals surface area contributed by atoms with E-state index >= 15 is 0 Å². The quantitative estimate of drug-likeness (QED) is 0.192. The molecule has 1 nitrogen and oxygen atoms in total. The maximum absolute atomic E-state index is 8.70. The van der Waals surface area contributed by atoms with Crippen molar-refractivity contribution in [2.24, 2.45) is 0 Å². The highest BCUT2D eigenvalue weighted by atomic mass is 16.2. The van der Waals surface area contributed by atoms with Crippen molar-refractivity contribution in [2.75, 3.05) is 6.61 Å². The lowest BCUT2D eigenvalue weighted by Gasteiger charge is -2.01. The Morgan fingerprint density at radius 1 is 0.478 bits per heavy atom. The van der Waals surface area contributed by atoms with Gasteiger partial charge < -0.3 is 5.11 Å². The van der Waals surface area contributed by atoms with Crippen molar-refractivity contribution in [3.8, 4) is 0 Å². The maximum Gasteiger partial charge on any atom is 0.0431 e. The van der Waals surface area contributed by atoms with Crippen molar-refractivity contribution in [1.82, 2.24) is 0 Å². The zero-order valence-corrected chi connectivity index (χ0v) is 16.0. The second-order valence-corrected chi connectivity index (χ2v) is 7.08. The summed E-state index contributed by atoms with van der Waals surface area (Å²) in [6, 6.07) is 0. The Balaban J connectivity index is 3.03. The van der Waals surface area contributed by atoms with Crippen LogP contribution in [0.1, 0.15) is 122 Å². The van der Waals surface area contributed by atoms with Crippen LogP contribution in [0, 0.1) is 0 Å². The van der Waals surface area contributed by atoms with Crippen molar-refractivity contribution in [2.45, 2.75) is 122 Å². The molecule has 138 valence electrons. The molecular formula is C22H44O. The normalized spacial score (nSPS) is 11.6. The van der Waals surface area contributed by atoms with E-state index in [1.165, 1.54) is 109 Å². The number of unbranched alkanes of at least 4 members (excludes halogenated alkanes) is 16. The van der Waals surface area contributed by atoms with Gasteiger partial charge in [-0.2, -0.15) is 0 Å². The third kappa shape index (κ3) is 21.7. The molecule has 0 saturated carbocycles. The molecule has 0 aliphatic carbocycles. The fourth-order valence-electron chi connectivity index (χ4n) is 3.07. The summed E-state index contributed by atoms with van der Waals surface area (Å²) in [6.45, 7) is 2.65. The summed E-state index contributed by atoms with van der Waals surface area (Å²) >= 11 is 0. The van der Waals surface area contributed by atoms with Crippen LogP contribution in [0.25, 0.3) is 0 Å². The highest BCUT2D eigenvalue weighted by molar-refractivity contribution is 4.81. The van der Waals surface area contributed by atoms with Gasteiger partial charge in [-0.25, -0.2) is 0 Å². The van der Waals surface area contributed by atoms with E-state index in [0.29, 0.717) is 6.61 Å². The predicted molar refractivity (Wildman–Crippen MR) is 105 cm³/mol. The number of rotatable bonds is 19. The molecule has 0 aromatic rings. The van der Waals surface area contributed by atoms with Crippen LogP contribution in [0.15, 0.2) is 12.2 Å². The van der Waals surface area contributed by atoms with Gasteiger partial charge >= 0.3 is 0 Å². The van der Waals surface area contributed by atoms with Gasteiger partial charge in [0.25, 0.3) is 0 Å². The molecule has 0 atom stereocenters. The Hall–Kier alpha value is -0.300. The zero-order chi connectivity index (χ0) is 16.8. The molecular weight excluding hydrogens is 280 g/mol. The summed E-state index contributed by atoms with van der Waals surface area (Å²) in [6.07, 6.45) is 29.1. The first-order chi connectivity index (χ1) is 11.4. The van der Waals surface area contributed by atoms with Crippen molar-refractivity contribution < 1.29 is 5.11 Å². The summed E-state index contributed by atoms with van der Waals surface area (Å²) in [5.74, 6) is 0. The van der Waals surface area contributed by atoms with E-state index in [1.807, 2.05) is 0 Å². The SMILES string of the molecule is CCCCCCCCCCCC/C=C/CCCCCCCCO. The van der Waals surface area contributed by atoms with E-state index in [9.17, 15) is 0 Å². The van der Waals surface area contributed by atoms with Gasteiger partial charge in [-0.3, -0.25) is 0 Å². The Morgan fingerprint density at radius 3 is 1.22 bits per heavy atom. The maximum atomic E-state index is 8.70. The van der Waals surface area contributed by atoms with Crippen LogP contribution >= 0.6 is 0 Å². The van der Waals surface area contributed by atoms with Crippen LogP contribution in [0.4, 0.5) is 0 Å². The average molecular weight is 325 g/mol. The number of hydrogen-bond acceptors (Lipinski definition) is 1. The largest absolute Gasteiger partial charge is 0.396 e. The summed E-state index contributed by atoms with van der Waals surface area (Å²) in [4.78, 5) is 0. The topological polar surface area (TPSA) is 20.2 Å². The van der Waals surface area contributed by atoms with E-state index in [2.05, 4.69) is 19.1 Å². The first kappa shape index (κ1) is 22.7. The standard InChI is InChI=1S/C22H44O/c1-2-3-4-5-6-7-8-9-10-11-12-13-14-15-16-17-18-19-20-21-22-23/h13-14,23H,2-12,15-22H2,1H3/b14-13+. The van der Waals surface area contributed by atoms with Crippen LogP contribution in [-0.4, -0.2) is 11.7 Å². The zero-order valence-electron chi connectivity index (χ0n) is 16.0. The van der Waals surface area contributed by atoms with Gasteiger partial charge in [-0.1, -0.05) is 103 Å². The van der Waals surface area contributed by atoms with E-state index in [0.717, 1.165) is 6.42 Å². The predicted octanol–water partition coefficient (Wildman–Crippen LogP) is 7.58. The minimum absolute atomic E-state index is 0.363. The Kier molecular flexibility index (Phi) is 21.4. The van der Waals surface area contributed by atoms with Crippen LogP contribution in [-0.2, 0) is 0 Å². The van der Waals surface area contributed by atoms with Gasteiger partial charge in [-0.05, 0) is 32.1 Å². The van der Waals surface area contributed by atoms with Crippen LogP contribution in [0.5, 0.6) is 0 Å². The summed E-state index contributed by atoms with van der Waals surface area (Å²) < 4.78 is 0. The molecule has 0 aliphatic heterocycles. The van der Waals surface area contributed by atoms with Gasteiger partial charge in [0.2, 0.25) is 0 Å². The molecule has 23 heavy (non-hydrogen) atoms. The van der Waals surface area contributed by atoms with Crippen molar-refractivity contribution >= 4 is 0 Å². The molecule has 1 heteroatoms. The molecule has 0 fully saturated rings. The number of hydrogen-bond donors (Lipinski definition) is 1. The van der Waals surface area contributed by atoms with Gasteiger partial charge in [-0.15, -0.1) is 0 Å². The van der Waals surface area contributed by atoms with Crippen LogP contribution in [0.3, 0.4) is 0 Å². The highest BCUT2D eigenvalue weighted by Crippen LogP contribution is 2.12. The molecule has 0 saturated heterocycles.